The van der Waals surface area contributed by atoms with E-state index in [-0.39, 0.29) is 18.6 Å². The maximum atomic E-state index is 11.7. The van der Waals surface area contributed by atoms with Crippen molar-refractivity contribution >= 4 is 17.5 Å². The van der Waals surface area contributed by atoms with Crippen molar-refractivity contribution in [2.24, 2.45) is 0 Å². The Morgan fingerprint density at radius 2 is 2.06 bits per heavy atom. The van der Waals surface area contributed by atoms with Gasteiger partial charge in [-0.05, 0) is 12.0 Å². The smallest absolute Gasteiger partial charge is 0.242 e. The second kappa shape index (κ2) is 6.51. The Morgan fingerprint density at radius 3 is 2.56 bits per heavy atom. The highest BCUT2D eigenvalue weighted by Gasteiger charge is 2.19. The molecule has 2 atom stereocenters. The van der Waals surface area contributed by atoms with E-state index in [1.807, 2.05) is 25.1 Å². The second-order valence-corrected chi connectivity index (χ2v) is 4.01. The molecule has 1 rings (SSSR count). The Balaban J connectivity index is 2.61. The number of amides is 1. The molecule has 1 amide bonds. The molecular formula is C12H16ClNO2. The highest BCUT2D eigenvalue weighted by atomic mass is 35.5. The molecule has 3 nitrogen and oxygen atoms in total. The summed E-state index contributed by atoms with van der Waals surface area (Å²) in [5.74, 6) is -0.270. The number of halogens is 1. The Bertz CT molecular complexity index is 325. The first-order valence-electron chi connectivity index (χ1n) is 5.29. The van der Waals surface area contributed by atoms with Gasteiger partial charge < -0.3 is 10.4 Å². The number of nitrogens with one attached hydrogen (secondary N) is 1. The average Bonchev–Trinajstić information content (AvgIpc) is 2.35. The molecule has 0 heterocycles. The Labute approximate surface area is 100 Å². The first-order valence-corrected chi connectivity index (χ1v) is 5.73. The van der Waals surface area contributed by atoms with Gasteiger partial charge in [0.15, 0.2) is 0 Å². The van der Waals surface area contributed by atoms with E-state index in [1.165, 1.54) is 0 Å². The number of alkyl halides is 1. The van der Waals surface area contributed by atoms with Crippen molar-refractivity contribution in [3.63, 3.8) is 0 Å². The van der Waals surface area contributed by atoms with Gasteiger partial charge in [-0.2, -0.15) is 0 Å². The summed E-state index contributed by atoms with van der Waals surface area (Å²) in [6, 6.07) is 8.92. The standard InChI is InChI=1S/C12H16ClNO2/c1-2-10(8-15)14-12(16)11(13)9-6-4-3-5-7-9/h3-7,10-11,15H,2,8H2,1H3,(H,14,16)/t10-,11?/m1/s1. The van der Waals surface area contributed by atoms with Crippen LogP contribution in [-0.2, 0) is 4.79 Å². The van der Waals surface area contributed by atoms with Crippen molar-refractivity contribution in [3.8, 4) is 0 Å². The van der Waals surface area contributed by atoms with Gasteiger partial charge in [0.05, 0.1) is 12.6 Å². The van der Waals surface area contributed by atoms with E-state index in [9.17, 15) is 4.79 Å². The Hall–Kier alpha value is -1.06. The molecule has 0 aliphatic carbocycles. The van der Waals surface area contributed by atoms with Gasteiger partial charge in [-0.3, -0.25) is 4.79 Å². The van der Waals surface area contributed by atoms with Gasteiger partial charge in [-0.1, -0.05) is 37.3 Å². The van der Waals surface area contributed by atoms with E-state index in [2.05, 4.69) is 5.32 Å². The maximum absolute atomic E-state index is 11.7. The number of benzene rings is 1. The van der Waals surface area contributed by atoms with Crippen molar-refractivity contribution in [1.29, 1.82) is 0 Å². The molecule has 0 aromatic heterocycles. The van der Waals surface area contributed by atoms with Gasteiger partial charge in [0.25, 0.3) is 0 Å². The fourth-order valence-electron chi connectivity index (χ4n) is 1.32. The third-order valence-corrected chi connectivity index (χ3v) is 2.83. The minimum Gasteiger partial charge on any atom is -0.394 e. The first kappa shape index (κ1) is 13.0. The van der Waals surface area contributed by atoms with Gasteiger partial charge in [0, 0.05) is 0 Å². The lowest BCUT2D eigenvalue weighted by atomic mass is 10.1. The number of rotatable bonds is 5. The van der Waals surface area contributed by atoms with Crippen LogP contribution in [0.3, 0.4) is 0 Å². The summed E-state index contributed by atoms with van der Waals surface area (Å²) in [6.07, 6.45) is 0.681. The lowest BCUT2D eigenvalue weighted by molar-refractivity contribution is -0.121. The lowest BCUT2D eigenvalue weighted by Crippen LogP contribution is -2.38. The van der Waals surface area contributed by atoms with Crippen LogP contribution in [0.5, 0.6) is 0 Å². The quantitative estimate of drug-likeness (QED) is 0.773. The van der Waals surface area contributed by atoms with Crippen LogP contribution in [0, 0.1) is 0 Å². The summed E-state index contributed by atoms with van der Waals surface area (Å²) < 4.78 is 0. The molecule has 0 saturated heterocycles. The number of aliphatic hydroxyl groups excluding tert-OH is 1. The molecule has 16 heavy (non-hydrogen) atoms. The third kappa shape index (κ3) is 3.51. The third-order valence-electron chi connectivity index (χ3n) is 2.38. The summed E-state index contributed by atoms with van der Waals surface area (Å²) in [5.41, 5.74) is 0.759. The maximum Gasteiger partial charge on any atom is 0.242 e. The van der Waals surface area contributed by atoms with Gasteiger partial charge in [0.1, 0.15) is 5.38 Å². The average molecular weight is 242 g/mol. The molecule has 2 N–H and O–H groups in total. The molecule has 0 radical (unpaired) electrons. The second-order valence-electron chi connectivity index (χ2n) is 3.57. The molecule has 1 unspecified atom stereocenters. The number of hydrogen-bond donors (Lipinski definition) is 2. The highest BCUT2D eigenvalue weighted by Crippen LogP contribution is 2.20. The molecule has 0 fully saturated rings. The number of carbonyl (C=O) groups is 1. The summed E-state index contributed by atoms with van der Waals surface area (Å²) in [7, 11) is 0. The van der Waals surface area contributed by atoms with Gasteiger partial charge >= 0.3 is 0 Å². The molecule has 0 saturated carbocycles. The van der Waals surface area contributed by atoms with Crippen molar-refractivity contribution in [2.45, 2.75) is 24.8 Å². The first-order chi connectivity index (χ1) is 7.69. The Kier molecular flexibility index (Phi) is 5.29. The number of aliphatic hydroxyl groups is 1. The fourth-order valence-corrected chi connectivity index (χ4v) is 1.53. The van der Waals surface area contributed by atoms with Crippen LogP contribution < -0.4 is 5.32 Å². The van der Waals surface area contributed by atoms with Crippen LogP contribution in [0.1, 0.15) is 24.3 Å². The van der Waals surface area contributed by atoms with Crippen LogP contribution in [-0.4, -0.2) is 23.7 Å². The van der Waals surface area contributed by atoms with Crippen LogP contribution >= 0.6 is 11.6 Å². The summed E-state index contributed by atoms with van der Waals surface area (Å²) in [6.45, 7) is 1.83. The SMILES string of the molecule is CC[C@H](CO)NC(=O)C(Cl)c1ccccc1. The minimum absolute atomic E-state index is 0.0688. The molecule has 0 aliphatic rings. The molecule has 4 heteroatoms. The molecule has 0 aliphatic heterocycles. The van der Waals surface area contributed by atoms with Gasteiger partial charge in [-0.15, -0.1) is 11.6 Å². The minimum atomic E-state index is -0.707. The predicted octanol–water partition coefficient (Wildman–Crippen LogP) is 1.85. The van der Waals surface area contributed by atoms with Crippen molar-refractivity contribution in [1.82, 2.24) is 5.32 Å². The van der Waals surface area contributed by atoms with E-state index in [1.54, 1.807) is 12.1 Å². The van der Waals surface area contributed by atoms with Crippen LogP contribution in [0.4, 0.5) is 0 Å². The fraction of sp³-hybridized carbons (Fsp3) is 0.417. The predicted molar refractivity (Wildman–Crippen MR) is 64.3 cm³/mol. The van der Waals surface area contributed by atoms with E-state index in [0.717, 1.165) is 5.56 Å². The van der Waals surface area contributed by atoms with Crippen molar-refractivity contribution in [3.05, 3.63) is 35.9 Å². The van der Waals surface area contributed by atoms with Crippen LogP contribution in [0.15, 0.2) is 30.3 Å². The molecule has 1 aromatic carbocycles. The number of carbonyl (C=O) groups excluding carboxylic acids is 1. The zero-order valence-corrected chi connectivity index (χ0v) is 9.95. The molecule has 88 valence electrons. The zero-order chi connectivity index (χ0) is 12.0. The van der Waals surface area contributed by atoms with Crippen LogP contribution in [0.2, 0.25) is 0 Å². The normalized spacial score (nSPS) is 14.2. The van der Waals surface area contributed by atoms with E-state index in [0.29, 0.717) is 6.42 Å². The molecule has 0 bridgehead atoms. The summed E-state index contributed by atoms with van der Waals surface area (Å²) in [4.78, 5) is 11.7. The summed E-state index contributed by atoms with van der Waals surface area (Å²) >= 11 is 6.02. The van der Waals surface area contributed by atoms with Crippen molar-refractivity contribution in [2.75, 3.05) is 6.61 Å². The van der Waals surface area contributed by atoms with Crippen molar-refractivity contribution < 1.29 is 9.90 Å². The van der Waals surface area contributed by atoms with Crippen LogP contribution in [0.25, 0.3) is 0 Å². The van der Waals surface area contributed by atoms with E-state index < -0.39 is 5.38 Å². The van der Waals surface area contributed by atoms with E-state index >= 15 is 0 Å². The van der Waals surface area contributed by atoms with Gasteiger partial charge in [0.2, 0.25) is 5.91 Å². The highest BCUT2D eigenvalue weighted by molar-refractivity contribution is 6.30. The molecular weight excluding hydrogens is 226 g/mol. The monoisotopic (exact) mass is 241 g/mol. The largest absolute Gasteiger partial charge is 0.394 e. The lowest BCUT2D eigenvalue weighted by Gasteiger charge is -2.16. The topological polar surface area (TPSA) is 49.3 Å². The zero-order valence-electron chi connectivity index (χ0n) is 9.19. The van der Waals surface area contributed by atoms with E-state index in [4.69, 9.17) is 16.7 Å². The van der Waals surface area contributed by atoms with Gasteiger partial charge in [-0.25, -0.2) is 0 Å². The number of hydrogen-bond acceptors (Lipinski definition) is 2. The summed E-state index contributed by atoms with van der Waals surface area (Å²) in [5, 5.41) is 11.0. The molecule has 0 spiro atoms. The molecule has 1 aromatic rings. The Morgan fingerprint density at radius 1 is 1.44 bits per heavy atom.